The molecule has 6 heteroatoms. The number of ether oxygens (including phenoxy) is 3. The molecule has 0 bridgehead atoms. The highest BCUT2D eigenvalue weighted by Crippen LogP contribution is 2.16. The van der Waals surface area contributed by atoms with Gasteiger partial charge < -0.3 is 14.2 Å². The van der Waals surface area contributed by atoms with Gasteiger partial charge in [-0.2, -0.15) is 0 Å². The summed E-state index contributed by atoms with van der Waals surface area (Å²) in [4.78, 5) is 37.8. The molecular weight excluding hydrogens is 769 g/mol. The van der Waals surface area contributed by atoms with E-state index in [9.17, 15) is 14.4 Å². The van der Waals surface area contributed by atoms with Crippen LogP contribution in [0.4, 0.5) is 0 Å². The minimum Gasteiger partial charge on any atom is -0.462 e. The summed E-state index contributed by atoms with van der Waals surface area (Å²) in [5, 5.41) is 0. The van der Waals surface area contributed by atoms with Gasteiger partial charge in [0.2, 0.25) is 0 Å². The quantitative estimate of drug-likeness (QED) is 0.0262. The zero-order chi connectivity index (χ0) is 45.1. The Bertz CT molecular complexity index is 1090. The van der Waals surface area contributed by atoms with Crippen molar-refractivity contribution in [2.75, 3.05) is 13.2 Å². The van der Waals surface area contributed by atoms with E-state index in [2.05, 4.69) is 69.4 Å². The Labute approximate surface area is 384 Å². The summed E-state index contributed by atoms with van der Waals surface area (Å²) in [6.07, 6.45) is 61.3. The fourth-order valence-corrected chi connectivity index (χ4v) is 7.61. The molecule has 0 spiro atoms. The van der Waals surface area contributed by atoms with Gasteiger partial charge in [0.15, 0.2) is 6.10 Å². The first kappa shape index (κ1) is 59.4. The monoisotopic (exact) mass is 869 g/mol. The number of carbonyl (C=O) groups is 3. The summed E-state index contributed by atoms with van der Waals surface area (Å²) in [6, 6.07) is 0. The second-order valence-electron chi connectivity index (χ2n) is 17.8. The zero-order valence-electron chi connectivity index (χ0n) is 41.1. The molecular formula is C56H100O6. The van der Waals surface area contributed by atoms with Crippen LogP contribution in [0.1, 0.15) is 271 Å². The van der Waals surface area contributed by atoms with E-state index in [-0.39, 0.29) is 37.5 Å². The lowest BCUT2D eigenvalue weighted by Crippen LogP contribution is -2.30. The van der Waals surface area contributed by atoms with Gasteiger partial charge in [0.05, 0.1) is 0 Å². The molecule has 1 atom stereocenters. The predicted octanol–water partition coefficient (Wildman–Crippen LogP) is 17.5. The Morgan fingerprint density at radius 1 is 0.339 bits per heavy atom. The van der Waals surface area contributed by atoms with Crippen LogP contribution in [0, 0.1) is 0 Å². The maximum atomic E-state index is 12.7. The molecule has 0 saturated heterocycles. The maximum Gasteiger partial charge on any atom is 0.306 e. The van der Waals surface area contributed by atoms with Crippen LogP contribution in [-0.2, 0) is 28.6 Å². The lowest BCUT2D eigenvalue weighted by atomic mass is 10.0. The van der Waals surface area contributed by atoms with Crippen LogP contribution in [0.2, 0.25) is 0 Å². The molecule has 0 radical (unpaired) electrons. The van der Waals surface area contributed by atoms with E-state index in [1.54, 1.807) is 0 Å². The maximum absolute atomic E-state index is 12.7. The van der Waals surface area contributed by atoms with Gasteiger partial charge in [0.25, 0.3) is 0 Å². The normalized spacial score (nSPS) is 12.4. The van der Waals surface area contributed by atoms with Crippen molar-refractivity contribution in [3.63, 3.8) is 0 Å². The van der Waals surface area contributed by atoms with Gasteiger partial charge in [-0.15, -0.1) is 0 Å². The van der Waals surface area contributed by atoms with E-state index in [1.165, 1.54) is 148 Å². The Hall–Kier alpha value is -2.63. The van der Waals surface area contributed by atoms with E-state index in [0.29, 0.717) is 19.3 Å². The van der Waals surface area contributed by atoms with Crippen molar-refractivity contribution in [2.45, 2.75) is 277 Å². The third-order valence-electron chi connectivity index (χ3n) is 11.6. The van der Waals surface area contributed by atoms with Gasteiger partial charge in [-0.3, -0.25) is 14.4 Å². The third-order valence-corrected chi connectivity index (χ3v) is 11.6. The lowest BCUT2D eigenvalue weighted by molar-refractivity contribution is -0.167. The molecule has 0 aromatic heterocycles. The minimum atomic E-state index is -0.789. The van der Waals surface area contributed by atoms with Crippen LogP contribution in [0.3, 0.4) is 0 Å². The highest BCUT2D eigenvalue weighted by atomic mass is 16.6. The molecule has 0 aromatic rings. The number of unbranched alkanes of at least 4 members (excludes halogenated alkanes) is 29. The van der Waals surface area contributed by atoms with Gasteiger partial charge in [-0.1, -0.05) is 243 Å². The van der Waals surface area contributed by atoms with Crippen LogP contribution in [0.15, 0.2) is 48.6 Å². The number of esters is 3. The van der Waals surface area contributed by atoms with E-state index in [1.807, 2.05) is 0 Å². The molecule has 0 aliphatic heterocycles. The van der Waals surface area contributed by atoms with Crippen LogP contribution in [0.25, 0.3) is 0 Å². The van der Waals surface area contributed by atoms with Crippen molar-refractivity contribution in [3.8, 4) is 0 Å². The molecule has 0 N–H and O–H groups in total. The molecule has 0 saturated carbocycles. The van der Waals surface area contributed by atoms with Gasteiger partial charge in [-0.05, 0) is 57.8 Å². The first-order valence-corrected chi connectivity index (χ1v) is 26.6. The second kappa shape index (κ2) is 51.0. The molecule has 1 unspecified atom stereocenters. The number of hydrogen-bond acceptors (Lipinski definition) is 6. The summed E-state index contributed by atoms with van der Waals surface area (Å²) < 4.78 is 16.7. The van der Waals surface area contributed by atoms with Crippen LogP contribution < -0.4 is 0 Å². The molecule has 0 fully saturated rings. The van der Waals surface area contributed by atoms with Crippen molar-refractivity contribution in [1.29, 1.82) is 0 Å². The van der Waals surface area contributed by atoms with Crippen molar-refractivity contribution < 1.29 is 28.6 Å². The highest BCUT2D eigenvalue weighted by Gasteiger charge is 2.19. The topological polar surface area (TPSA) is 78.9 Å². The number of hydrogen-bond donors (Lipinski definition) is 0. The molecule has 0 amide bonds. The van der Waals surface area contributed by atoms with Crippen molar-refractivity contribution in [2.24, 2.45) is 0 Å². The fourth-order valence-electron chi connectivity index (χ4n) is 7.61. The fraction of sp³-hybridized carbons (Fsp3) is 0.804. The van der Waals surface area contributed by atoms with Gasteiger partial charge in [-0.25, -0.2) is 0 Å². The smallest absolute Gasteiger partial charge is 0.306 e. The standard InChI is InChI=1S/C56H100O6/c1-4-7-10-13-16-18-20-22-24-25-26-27-28-29-30-32-33-35-37-40-43-46-49-55(58)61-52-53(51-60-54(57)48-45-42-39-15-12-9-6-3)62-56(59)50-47-44-41-38-36-34-31-23-21-19-17-14-11-8-5-2/h8,11,17,19,23,31,36,38,53H,4-7,9-10,12-16,18,20-22,24-30,32-35,37,39-52H2,1-3H3/b11-8-,19-17-,31-23-,38-36-. The summed E-state index contributed by atoms with van der Waals surface area (Å²) in [5.41, 5.74) is 0. The van der Waals surface area contributed by atoms with Crippen LogP contribution in [0.5, 0.6) is 0 Å². The lowest BCUT2D eigenvalue weighted by Gasteiger charge is -2.18. The molecule has 0 rings (SSSR count). The first-order valence-electron chi connectivity index (χ1n) is 26.6. The van der Waals surface area contributed by atoms with Gasteiger partial charge in [0, 0.05) is 19.3 Å². The third kappa shape index (κ3) is 48.4. The molecule has 0 aromatic carbocycles. The summed E-state index contributed by atoms with van der Waals surface area (Å²) in [5.74, 6) is -0.927. The zero-order valence-corrected chi connectivity index (χ0v) is 41.1. The molecule has 0 aliphatic rings. The van der Waals surface area contributed by atoms with Crippen LogP contribution in [-0.4, -0.2) is 37.2 Å². The molecule has 0 heterocycles. The minimum absolute atomic E-state index is 0.0868. The predicted molar refractivity (Wildman–Crippen MR) is 265 cm³/mol. The van der Waals surface area contributed by atoms with E-state index in [0.717, 1.165) is 77.0 Å². The van der Waals surface area contributed by atoms with Crippen molar-refractivity contribution in [3.05, 3.63) is 48.6 Å². The number of allylic oxidation sites excluding steroid dienone is 8. The molecule has 0 aliphatic carbocycles. The number of carbonyl (C=O) groups excluding carboxylic acids is 3. The van der Waals surface area contributed by atoms with Crippen LogP contribution >= 0.6 is 0 Å². The highest BCUT2D eigenvalue weighted by molar-refractivity contribution is 5.71. The van der Waals surface area contributed by atoms with Crippen molar-refractivity contribution in [1.82, 2.24) is 0 Å². The summed E-state index contributed by atoms with van der Waals surface area (Å²) in [7, 11) is 0. The molecule has 62 heavy (non-hydrogen) atoms. The van der Waals surface area contributed by atoms with E-state index < -0.39 is 6.10 Å². The Kier molecular flexibility index (Phi) is 48.8. The second-order valence-corrected chi connectivity index (χ2v) is 17.8. The first-order chi connectivity index (χ1) is 30.5. The van der Waals surface area contributed by atoms with Gasteiger partial charge >= 0.3 is 17.9 Å². The Morgan fingerprint density at radius 2 is 0.629 bits per heavy atom. The Morgan fingerprint density at radius 3 is 0.984 bits per heavy atom. The number of rotatable bonds is 48. The largest absolute Gasteiger partial charge is 0.462 e. The molecule has 360 valence electrons. The Balaban J connectivity index is 4.20. The molecule has 6 nitrogen and oxygen atoms in total. The average molecular weight is 869 g/mol. The summed E-state index contributed by atoms with van der Waals surface area (Å²) in [6.45, 7) is 6.47. The summed E-state index contributed by atoms with van der Waals surface area (Å²) >= 11 is 0. The van der Waals surface area contributed by atoms with E-state index in [4.69, 9.17) is 14.2 Å². The SMILES string of the molecule is CC/C=C\C/C=C\C/C=C\C/C=C\CCCCC(=O)OC(COC(=O)CCCCCCCCC)COC(=O)CCCCCCCCCCCCCCCCCCCCCCCC. The van der Waals surface area contributed by atoms with Gasteiger partial charge in [0.1, 0.15) is 13.2 Å². The average Bonchev–Trinajstić information content (AvgIpc) is 3.27. The van der Waals surface area contributed by atoms with Crippen molar-refractivity contribution >= 4 is 17.9 Å². The van der Waals surface area contributed by atoms with E-state index >= 15 is 0 Å².